The summed E-state index contributed by atoms with van der Waals surface area (Å²) in [6.45, 7) is 4.25. The van der Waals surface area contributed by atoms with Crippen LogP contribution in [-0.4, -0.2) is 32.0 Å². The molecule has 0 aliphatic rings. The minimum Gasteiger partial charge on any atom is -0.366 e. The molecule has 1 aromatic carbocycles. The lowest BCUT2D eigenvalue weighted by molar-refractivity contribution is -0.138. The molecule has 0 atom stereocenters. The molecule has 0 aliphatic heterocycles. The molecule has 1 heterocycles. The molecule has 0 bridgehead atoms. The molecule has 0 aliphatic carbocycles. The van der Waals surface area contributed by atoms with Gasteiger partial charge in [0, 0.05) is 12.1 Å². The van der Waals surface area contributed by atoms with E-state index in [0.29, 0.717) is 0 Å². The fourth-order valence-electron chi connectivity index (χ4n) is 2.78. The highest BCUT2D eigenvalue weighted by Gasteiger charge is 2.41. The highest BCUT2D eigenvalue weighted by atomic mass is 19.4. The number of hydrogen-bond acceptors (Lipinski definition) is 5. The molecule has 0 spiro atoms. The van der Waals surface area contributed by atoms with E-state index in [2.05, 4.69) is 20.8 Å². The molecule has 146 valence electrons. The van der Waals surface area contributed by atoms with Gasteiger partial charge in [0.2, 0.25) is 11.9 Å². The SMILES string of the molecule is CCc1c(F)c(C(=O)Nc2nnnn2CC)c(C)c(C(N)=O)c1C(F)(F)F. The number of rotatable bonds is 5. The van der Waals surface area contributed by atoms with E-state index in [4.69, 9.17) is 5.73 Å². The van der Waals surface area contributed by atoms with Gasteiger partial charge in [0.15, 0.2) is 0 Å². The summed E-state index contributed by atoms with van der Waals surface area (Å²) in [5.41, 5.74) is 0.637. The van der Waals surface area contributed by atoms with Crippen molar-refractivity contribution in [2.24, 2.45) is 5.73 Å². The zero-order valence-corrected chi connectivity index (χ0v) is 14.6. The molecule has 2 amide bonds. The number of anilines is 1. The number of nitrogens with two attached hydrogens (primary N) is 1. The second kappa shape index (κ2) is 7.29. The van der Waals surface area contributed by atoms with Crippen LogP contribution in [0, 0.1) is 12.7 Å². The Kier molecular flexibility index (Phi) is 5.47. The zero-order chi connectivity index (χ0) is 20.5. The molecule has 3 N–H and O–H groups in total. The average Bonchev–Trinajstić information content (AvgIpc) is 3.00. The van der Waals surface area contributed by atoms with Crippen LogP contribution in [0.15, 0.2) is 0 Å². The lowest BCUT2D eigenvalue weighted by Gasteiger charge is -2.21. The fraction of sp³-hybridized carbons (Fsp3) is 0.400. The van der Waals surface area contributed by atoms with E-state index in [1.54, 1.807) is 6.92 Å². The summed E-state index contributed by atoms with van der Waals surface area (Å²) in [5.74, 6) is -4.01. The molecule has 0 fully saturated rings. The van der Waals surface area contributed by atoms with Crippen LogP contribution in [0.1, 0.15) is 51.3 Å². The van der Waals surface area contributed by atoms with Crippen molar-refractivity contribution >= 4 is 17.8 Å². The van der Waals surface area contributed by atoms with Crippen molar-refractivity contribution in [1.29, 1.82) is 0 Å². The fourth-order valence-corrected chi connectivity index (χ4v) is 2.78. The third-order valence-electron chi connectivity index (χ3n) is 3.95. The van der Waals surface area contributed by atoms with Crippen LogP contribution in [0.4, 0.5) is 23.5 Å². The minimum atomic E-state index is -5.03. The summed E-state index contributed by atoms with van der Waals surface area (Å²) in [4.78, 5) is 24.2. The molecule has 12 heteroatoms. The van der Waals surface area contributed by atoms with Crippen molar-refractivity contribution in [2.45, 2.75) is 39.9 Å². The quantitative estimate of drug-likeness (QED) is 0.761. The maximum atomic E-state index is 14.9. The van der Waals surface area contributed by atoms with Gasteiger partial charge >= 0.3 is 6.18 Å². The summed E-state index contributed by atoms with van der Waals surface area (Å²) in [7, 11) is 0. The molecule has 0 saturated heterocycles. The molecule has 2 aromatic rings. The van der Waals surface area contributed by atoms with Gasteiger partial charge in [0.05, 0.1) is 16.7 Å². The number of carbonyl (C=O) groups excluding carboxylic acids is 2. The molecular formula is C15H16F4N6O2. The summed E-state index contributed by atoms with van der Waals surface area (Å²) < 4.78 is 56.4. The number of carbonyl (C=O) groups is 2. The van der Waals surface area contributed by atoms with E-state index < -0.39 is 58.0 Å². The number of nitrogens with one attached hydrogen (secondary N) is 1. The predicted molar refractivity (Wildman–Crippen MR) is 85.5 cm³/mol. The van der Waals surface area contributed by atoms with Gasteiger partial charge in [-0.2, -0.15) is 13.2 Å². The van der Waals surface area contributed by atoms with Crippen molar-refractivity contribution in [3.63, 3.8) is 0 Å². The van der Waals surface area contributed by atoms with Gasteiger partial charge < -0.3 is 5.73 Å². The number of nitrogens with zero attached hydrogens (tertiary/aromatic N) is 4. The van der Waals surface area contributed by atoms with E-state index in [1.165, 1.54) is 11.6 Å². The van der Waals surface area contributed by atoms with Gasteiger partial charge in [-0.05, 0) is 36.3 Å². The molecule has 0 radical (unpaired) electrons. The minimum absolute atomic E-state index is 0.125. The highest BCUT2D eigenvalue weighted by Crippen LogP contribution is 2.39. The summed E-state index contributed by atoms with van der Waals surface area (Å²) in [5, 5.41) is 12.7. The van der Waals surface area contributed by atoms with Gasteiger partial charge in [0.1, 0.15) is 5.82 Å². The van der Waals surface area contributed by atoms with E-state index in [-0.39, 0.29) is 12.5 Å². The number of hydrogen-bond donors (Lipinski definition) is 2. The van der Waals surface area contributed by atoms with Gasteiger partial charge in [-0.15, -0.1) is 0 Å². The topological polar surface area (TPSA) is 116 Å². The maximum Gasteiger partial charge on any atom is 0.417 e. The Bertz CT molecular complexity index is 907. The number of benzene rings is 1. The van der Waals surface area contributed by atoms with Crippen molar-refractivity contribution < 1.29 is 27.2 Å². The summed E-state index contributed by atoms with van der Waals surface area (Å²) in [6, 6.07) is 0. The van der Waals surface area contributed by atoms with Gasteiger partial charge in [-0.1, -0.05) is 12.0 Å². The van der Waals surface area contributed by atoms with Crippen LogP contribution >= 0.6 is 0 Å². The monoisotopic (exact) mass is 388 g/mol. The van der Waals surface area contributed by atoms with Crippen molar-refractivity contribution in [3.05, 3.63) is 33.6 Å². The van der Waals surface area contributed by atoms with Crippen LogP contribution < -0.4 is 11.1 Å². The first kappa shape index (κ1) is 20.3. The molecule has 0 unspecified atom stereocenters. The standard InChI is InChI=1S/C15H16F4N6O2/c1-4-7-10(15(17,18)19)8(12(20)26)6(3)9(11(7)16)13(27)21-14-22-23-24-25(14)5-2/h4-5H2,1-3H3,(H2,20,26)(H,21,22,24,27). The van der Waals surface area contributed by atoms with Crippen LogP contribution in [0.2, 0.25) is 0 Å². The lowest BCUT2D eigenvalue weighted by atomic mass is 9.89. The largest absolute Gasteiger partial charge is 0.417 e. The van der Waals surface area contributed by atoms with Crippen LogP contribution in [0.5, 0.6) is 0 Å². The third kappa shape index (κ3) is 3.59. The second-order valence-electron chi connectivity index (χ2n) is 5.53. The Labute approximate surface area is 150 Å². The molecular weight excluding hydrogens is 372 g/mol. The number of halogens is 4. The predicted octanol–water partition coefficient (Wildman–Crippen LogP) is 2.07. The summed E-state index contributed by atoms with van der Waals surface area (Å²) in [6.07, 6.45) is -5.43. The van der Waals surface area contributed by atoms with E-state index >= 15 is 0 Å². The number of alkyl halides is 3. The maximum absolute atomic E-state index is 14.9. The first-order valence-corrected chi connectivity index (χ1v) is 7.83. The lowest BCUT2D eigenvalue weighted by Crippen LogP contribution is -2.27. The van der Waals surface area contributed by atoms with Crippen molar-refractivity contribution in [3.8, 4) is 0 Å². The molecule has 2 rings (SSSR count). The Balaban J connectivity index is 2.72. The number of amides is 2. The first-order valence-electron chi connectivity index (χ1n) is 7.83. The Hall–Kier alpha value is -3.05. The summed E-state index contributed by atoms with van der Waals surface area (Å²) >= 11 is 0. The highest BCUT2D eigenvalue weighted by molar-refractivity contribution is 6.08. The van der Waals surface area contributed by atoms with Gasteiger partial charge in [-0.3, -0.25) is 14.9 Å². The number of aromatic nitrogens is 4. The van der Waals surface area contributed by atoms with Gasteiger partial charge in [0.25, 0.3) is 5.91 Å². The Morgan fingerprint density at radius 3 is 2.33 bits per heavy atom. The van der Waals surface area contributed by atoms with E-state index in [0.717, 1.165) is 6.92 Å². The zero-order valence-electron chi connectivity index (χ0n) is 14.6. The van der Waals surface area contributed by atoms with E-state index in [9.17, 15) is 27.2 Å². The van der Waals surface area contributed by atoms with Crippen LogP contribution in [0.3, 0.4) is 0 Å². The first-order chi connectivity index (χ1) is 12.5. The van der Waals surface area contributed by atoms with Crippen LogP contribution in [-0.2, 0) is 19.1 Å². The number of aryl methyl sites for hydroxylation is 1. The van der Waals surface area contributed by atoms with Crippen molar-refractivity contribution in [2.75, 3.05) is 5.32 Å². The number of tetrazole rings is 1. The smallest absolute Gasteiger partial charge is 0.366 e. The molecule has 8 nitrogen and oxygen atoms in total. The molecule has 1 aromatic heterocycles. The second-order valence-corrected chi connectivity index (χ2v) is 5.53. The Morgan fingerprint density at radius 1 is 1.22 bits per heavy atom. The number of primary amides is 1. The molecule has 0 saturated carbocycles. The van der Waals surface area contributed by atoms with Gasteiger partial charge in [-0.25, -0.2) is 9.07 Å². The Morgan fingerprint density at radius 2 is 1.85 bits per heavy atom. The van der Waals surface area contributed by atoms with Crippen LogP contribution in [0.25, 0.3) is 0 Å². The third-order valence-corrected chi connectivity index (χ3v) is 3.95. The molecule has 27 heavy (non-hydrogen) atoms. The normalized spacial score (nSPS) is 11.5. The average molecular weight is 388 g/mol. The van der Waals surface area contributed by atoms with Crippen molar-refractivity contribution in [1.82, 2.24) is 20.2 Å². The van der Waals surface area contributed by atoms with E-state index in [1.807, 2.05) is 0 Å².